The minimum Gasteiger partial charge on any atom is -0.495 e. The summed E-state index contributed by atoms with van der Waals surface area (Å²) in [5.74, 6) is 0.458. The zero-order valence-electron chi connectivity index (χ0n) is 12.7. The molecule has 5 heteroatoms. The molecule has 0 aliphatic carbocycles. The molecule has 2 rings (SSSR count). The second-order valence-corrected chi connectivity index (χ2v) is 4.96. The van der Waals surface area contributed by atoms with E-state index >= 15 is 0 Å². The lowest BCUT2D eigenvalue weighted by atomic mass is 10.2. The van der Waals surface area contributed by atoms with Crippen molar-refractivity contribution in [1.82, 2.24) is 0 Å². The van der Waals surface area contributed by atoms with Gasteiger partial charge in [0.25, 0.3) is 0 Å². The Hall–Kier alpha value is -2.53. The third kappa shape index (κ3) is 4.23. The van der Waals surface area contributed by atoms with Gasteiger partial charge in [-0.15, -0.1) is 0 Å². The number of aliphatic hydroxyl groups excluding tert-OH is 1. The van der Waals surface area contributed by atoms with E-state index in [0.717, 1.165) is 16.8 Å². The maximum Gasteiger partial charge on any atom is 0.243 e. The molecule has 5 nitrogen and oxygen atoms in total. The number of nitrogens with one attached hydrogen (secondary N) is 2. The van der Waals surface area contributed by atoms with E-state index in [4.69, 9.17) is 9.84 Å². The van der Waals surface area contributed by atoms with Crippen molar-refractivity contribution in [3.63, 3.8) is 0 Å². The van der Waals surface area contributed by atoms with E-state index < -0.39 is 0 Å². The molecule has 22 heavy (non-hydrogen) atoms. The molecule has 3 N–H and O–H groups in total. The Balaban J connectivity index is 1.97. The molecular weight excluding hydrogens is 280 g/mol. The Labute approximate surface area is 129 Å². The molecule has 0 saturated carbocycles. The summed E-state index contributed by atoms with van der Waals surface area (Å²) >= 11 is 0. The number of rotatable bonds is 6. The average Bonchev–Trinajstić information content (AvgIpc) is 2.53. The van der Waals surface area contributed by atoms with Crippen LogP contribution in [0.4, 0.5) is 11.4 Å². The summed E-state index contributed by atoms with van der Waals surface area (Å²) in [7, 11) is 1.57. The standard InChI is InChI=1S/C17H20N2O3/c1-12-6-7-16(22-2)15(8-12)19-17(21)10-18-14-5-3-4-13(9-14)11-20/h3-9,18,20H,10-11H2,1-2H3,(H,19,21). The van der Waals surface area contributed by atoms with E-state index in [1.807, 2.05) is 43.3 Å². The van der Waals surface area contributed by atoms with Crippen LogP contribution >= 0.6 is 0 Å². The Bertz CT molecular complexity index is 656. The molecule has 0 atom stereocenters. The number of aliphatic hydroxyl groups is 1. The number of carbonyl (C=O) groups is 1. The monoisotopic (exact) mass is 300 g/mol. The highest BCUT2D eigenvalue weighted by Crippen LogP contribution is 2.25. The summed E-state index contributed by atoms with van der Waals surface area (Å²) in [6, 6.07) is 12.9. The van der Waals surface area contributed by atoms with Gasteiger partial charge in [-0.1, -0.05) is 18.2 Å². The second kappa shape index (κ2) is 7.47. The van der Waals surface area contributed by atoms with Gasteiger partial charge < -0.3 is 20.5 Å². The van der Waals surface area contributed by atoms with Crippen molar-refractivity contribution >= 4 is 17.3 Å². The maximum absolute atomic E-state index is 12.0. The molecule has 116 valence electrons. The fourth-order valence-electron chi connectivity index (χ4n) is 2.08. The highest BCUT2D eigenvalue weighted by atomic mass is 16.5. The smallest absolute Gasteiger partial charge is 0.243 e. The zero-order chi connectivity index (χ0) is 15.9. The number of ether oxygens (including phenoxy) is 1. The summed E-state index contributed by atoms with van der Waals surface area (Å²) in [6.45, 7) is 2.06. The maximum atomic E-state index is 12.0. The molecule has 2 aromatic rings. The van der Waals surface area contributed by atoms with Gasteiger partial charge in [0, 0.05) is 5.69 Å². The largest absolute Gasteiger partial charge is 0.495 e. The van der Waals surface area contributed by atoms with Crippen molar-refractivity contribution in [2.75, 3.05) is 24.3 Å². The van der Waals surface area contributed by atoms with Gasteiger partial charge in [0.1, 0.15) is 5.75 Å². The molecular formula is C17H20N2O3. The van der Waals surface area contributed by atoms with Gasteiger partial charge in [0.05, 0.1) is 25.9 Å². The van der Waals surface area contributed by atoms with Gasteiger partial charge in [0.15, 0.2) is 0 Å². The number of benzene rings is 2. The highest BCUT2D eigenvalue weighted by molar-refractivity contribution is 5.95. The summed E-state index contributed by atoms with van der Waals surface area (Å²) in [5.41, 5.74) is 3.28. The normalized spacial score (nSPS) is 10.1. The van der Waals surface area contributed by atoms with Crippen LogP contribution in [0.2, 0.25) is 0 Å². The number of hydrogen-bond donors (Lipinski definition) is 3. The van der Waals surface area contributed by atoms with Gasteiger partial charge >= 0.3 is 0 Å². The molecule has 1 amide bonds. The van der Waals surface area contributed by atoms with Crippen LogP contribution in [0.5, 0.6) is 5.75 Å². The second-order valence-electron chi connectivity index (χ2n) is 4.96. The zero-order valence-corrected chi connectivity index (χ0v) is 12.7. The lowest BCUT2D eigenvalue weighted by Crippen LogP contribution is -2.22. The van der Waals surface area contributed by atoms with Crippen LogP contribution < -0.4 is 15.4 Å². The lowest BCUT2D eigenvalue weighted by Gasteiger charge is -2.12. The van der Waals surface area contributed by atoms with Crippen LogP contribution in [-0.4, -0.2) is 24.7 Å². The number of amides is 1. The van der Waals surface area contributed by atoms with Crippen molar-refractivity contribution < 1.29 is 14.6 Å². The average molecular weight is 300 g/mol. The Morgan fingerprint density at radius 3 is 2.77 bits per heavy atom. The third-order valence-electron chi connectivity index (χ3n) is 3.19. The highest BCUT2D eigenvalue weighted by Gasteiger charge is 2.07. The van der Waals surface area contributed by atoms with Gasteiger partial charge in [-0.25, -0.2) is 0 Å². The molecule has 2 aromatic carbocycles. The van der Waals surface area contributed by atoms with Crippen molar-refractivity contribution in [1.29, 1.82) is 0 Å². The molecule has 0 radical (unpaired) electrons. The van der Waals surface area contributed by atoms with Crippen LogP contribution in [0.3, 0.4) is 0 Å². The molecule has 0 aliphatic rings. The van der Waals surface area contributed by atoms with Crippen molar-refractivity contribution in [3.8, 4) is 5.75 Å². The van der Waals surface area contributed by atoms with Crippen molar-refractivity contribution in [2.45, 2.75) is 13.5 Å². The molecule has 0 spiro atoms. The predicted octanol–water partition coefficient (Wildman–Crippen LogP) is 2.55. The molecule has 0 saturated heterocycles. The number of hydrogen-bond acceptors (Lipinski definition) is 4. The Morgan fingerprint density at radius 2 is 2.05 bits per heavy atom. The predicted molar refractivity (Wildman–Crippen MR) is 87.2 cm³/mol. The van der Waals surface area contributed by atoms with Crippen LogP contribution in [0.1, 0.15) is 11.1 Å². The van der Waals surface area contributed by atoms with Crippen LogP contribution in [0, 0.1) is 6.92 Å². The topological polar surface area (TPSA) is 70.6 Å². The van der Waals surface area contributed by atoms with Crippen LogP contribution in [0.15, 0.2) is 42.5 Å². The summed E-state index contributed by atoms with van der Waals surface area (Å²) in [4.78, 5) is 12.0. The van der Waals surface area contributed by atoms with E-state index in [1.54, 1.807) is 13.2 Å². The molecule has 0 unspecified atom stereocenters. The minimum atomic E-state index is -0.168. The number of methoxy groups -OCH3 is 1. The molecule has 0 fully saturated rings. The first kappa shape index (κ1) is 15.9. The fraction of sp³-hybridized carbons (Fsp3) is 0.235. The van der Waals surface area contributed by atoms with E-state index in [9.17, 15) is 4.79 Å². The third-order valence-corrected chi connectivity index (χ3v) is 3.19. The first-order chi connectivity index (χ1) is 10.6. The van der Waals surface area contributed by atoms with Gasteiger partial charge in [-0.05, 0) is 42.3 Å². The van der Waals surface area contributed by atoms with E-state index in [0.29, 0.717) is 11.4 Å². The van der Waals surface area contributed by atoms with Crippen LogP contribution in [0.25, 0.3) is 0 Å². The van der Waals surface area contributed by atoms with E-state index in [1.165, 1.54) is 0 Å². The number of anilines is 2. The van der Waals surface area contributed by atoms with Gasteiger partial charge in [-0.2, -0.15) is 0 Å². The van der Waals surface area contributed by atoms with Crippen LogP contribution in [-0.2, 0) is 11.4 Å². The summed E-state index contributed by atoms with van der Waals surface area (Å²) < 4.78 is 5.23. The summed E-state index contributed by atoms with van der Waals surface area (Å²) in [5, 5.41) is 14.9. The number of carbonyl (C=O) groups excluding carboxylic acids is 1. The first-order valence-electron chi connectivity index (χ1n) is 7.00. The minimum absolute atomic E-state index is 0.0256. The van der Waals surface area contributed by atoms with Gasteiger partial charge in [0.2, 0.25) is 5.91 Å². The Morgan fingerprint density at radius 1 is 1.23 bits per heavy atom. The quantitative estimate of drug-likeness (QED) is 0.767. The molecule has 0 bridgehead atoms. The molecule has 0 heterocycles. The SMILES string of the molecule is COc1ccc(C)cc1NC(=O)CNc1cccc(CO)c1. The fourth-order valence-corrected chi connectivity index (χ4v) is 2.08. The van der Waals surface area contributed by atoms with E-state index in [-0.39, 0.29) is 19.1 Å². The summed E-state index contributed by atoms with van der Waals surface area (Å²) in [6.07, 6.45) is 0. The van der Waals surface area contributed by atoms with Crippen molar-refractivity contribution in [3.05, 3.63) is 53.6 Å². The first-order valence-corrected chi connectivity index (χ1v) is 7.00. The number of aryl methyl sites for hydroxylation is 1. The Kier molecular flexibility index (Phi) is 5.38. The lowest BCUT2D eigenvalue weighted by molar-refractivity contribution is -0.114. The van der Waals surface area contributed by atoms with E-state index in [2.05, 4.69) is 10.6 Å². The van der Waals surface area contributed by atoms with Crippen molar-refractivity contribution in [2.24, 2.45) is 0 Å². The molecule has 0 aliphatic heterocycles. The van der Waals surface area contributed by atoms with Gasteiger partial charge in [-0.3, -0.25) is 4.79 Å². The molecule has 0 aromatic heterocycles.